The molecule has 0 unspecified atom stereocenters. The van der Waals surface area contributed by atoms with Crippen molar-refractivity contribution in [2.24, 2.45) is 0 Å². The third-order valence-electron chi connectivity index (χ3n) is 3.90. The lowest BCUT2D eigenvalue weighted by molar-refractivity contribution is 0.101. The van der Waals surface area contributed by atoms with Crippen LogP contribution in [0.2, 0.25) is 0 Å². The SMILES string of the molecule is CC(C)Oc1ccc(C(=O)Nc2cccc(NC(=O)c3ccccc3)c2)cc1. The molecule has 0 bridgehead atoms. The van der Waals surface area contributed by atoms with Crippen LogP contribution in [0.15, 0.2) is 78.9 Å². The van der Waals surface area contributed by atoms with E-state index in [1.165, 1.54) is 0 Å². The maximum atomic E-state index is 12.5. The van der Waals surface area contributed by atoms with Crippen LogP contribution >= 0.6 is 0 Å². The molecule has 0 fully saturated rings. The van der Waals surface area contributed by atoms with Gasteiger partial charge in [0.1, 0.15) is 5.75 Å². The third kappa shape index (κ3) is 5.20. The van der Waals surface area contributed by atoms with E-state index in [0.29, 0.717) is 22.5 Å². The maximum absolute atomic E-state index is 12.5. The van der Waals surface area contributed by atoms with E-state index in [0.717, 1.165) is 5.75 Å². The molecule has 5 nitrogen and oxygen atoms in total. The molecule has 0 spiro atoms. The number of amides is 2. The Hall–Kier alpha value is -3.60. The van der Waals surface area contributed by atoms with E-state index < -0.39 is 0 Å². The molecular weight excluding hydrogens is 352 g/mol. The number of rotatable bonds is 6. The van der Waals surface area contributed by atoms with Crippen LogP contribution in [0.1, 0.15) is 34.6 Å². The summed E-state index contributed by atoms with van der Waals surface area (Å²) in [5.74, 6) is 0.282. The molecule has 3 rings (SSSR count). The molecule has 0 heterocycles. The quantitative estimate of drug-likeness (QED) is 0.639. The molecule has 28 heavy (non-hydrogen) atoms. The summed E-state index contributed by atoms with van der Waals surface area (Å²) in [4.78, 5) is 24.7. The maximum Gasteiger partial charge on any atom is 0.255 e. The number of hydrogen-bond acceptors (Lipinski definition) is 3. The molecule has 2 N–H and O–H groups in total. The lowest BCUT2D eigenvalue weighted by Gasteiger charge is -2.11. The van der Waals surface area contributed by atoms with Gasteiger partial charge < -0.3 is 15.4 Å². The fourth-order valence-electron chi connectivity index (χ4n) is 2.63. The predicted octanol–water partition coefficient (Wildman–Crippen LogP) is 4.98. The van der Waals surface area contributed by atoms with Crippen molar-refractivity contribution in [1.29, 1.82) is 0 Å². The first-order valence-electron chi connectivity index (χ1n) is 9.06. The molecule has 3 aromatic rings. The molecule has 142 valence electrons. The number of carbonyl (C=O) groups excluding carboxylic acids is 2. The van der Waals surface area contributed by atoms with Crippen molar-refractivity contribution in [3.8, 4) is 5.75 Å². The first-order valence-corrected chi connectivity index (χ1v) is 9.06. The molecule has 5 heteroatoms. The fourth-order valence-corrected chi connectivity index (χ4v) is 2.63. The van der Waals surface area contributed by atoms with E-state index in [2.05, 4.69) is 10.6 Å². The van der Waals surface area contributed by atoms with Crippen molar-refractivity contribution in [1.82, 2.24) is 0 Å². The Morgan fingerprint density at radius 2 is 1.25 bits per heavy atom. The zero-order valence-corrected chi connectivity index (χ0v) is 15.8. The van der Waals surface area contributed by atoms with E-state index in [4.69, 9.17) is 4.74 Å². The van der Waals surface area contributed by atoms with Gasteiger partial charge in [-0.05, 0) is 68.4 Å². The van der Waals surface area contributed by atoms with Gasteiger partial charge in [0.05, 0.1) is 6.10 Å². The molecule has 0 saturated heterocycles. The van der Waals surface area contributed by atoms with Gasteiger partial charge in [0.2, 0.25) is 0 Å². The molecule has 2 amide bonds. The van der Waals surface area contributed by atoms with Crippen LogP contribution < -0.4 is 15.4 Å². The summed E-state index contributed by atoms with van der Waals surface area (Å²) < 4.78 is 5.58. The van der Waals surface area contributed by atoms with Gasteiger partial charge in [0.15, 0.2) is 0 Å². The summed E-state index contributed by atoms with van der Waals surface area (Å²) in [5, 5.41) is 5.67. The second kappa shape index (κ2) is 8.86. The molecule has 0 aromatic heterocycles. The van der Waals surface area contributed by atoms with Gasteiger partial charge in [-0.25, -0.2) is 0 Å². The largest absolute Gasteiger partial charge is 0.491 e. The zero-order chi connectivity index (χ0) is 19.9. The van der Waals surface area contributed by atoms with Crippen molar-refractivity contribution >= 4 is 23.2 Å². The Kier molecular flexibility index (Phi) is 6.07. The summed E-state index contributed by atoms with van der Waals surface area (Å²) >= 11 is 0. The minimum atomic E-state index is -0.234. The van der Waals surface area contributed by atoms with E-state index in [-0.39, 0.29) is 17.9 Å². The smallest absolute Gasteiger partial charge is 0.255 e. The number of ether oxygens (including phenoxy) is 1. The highest BCUT2D eigenvalue weighted by Gasteiger charge is 2.09. The molecule has 0 aliphatic rings. The topological polar surface area (TPSA) is 67.4 Å². The average Bonchev–Trinajstić information content (AvgIpc) is 2.69. The second-order valence-electron chi connectivity index (χ2n) is 6.55. The summed E-state index contributed by atoms with van der Waals surface area (Å²) in [7, 11) is 0. The second-order valence-corrected chi connectivity index (χ2v) is 6.55. The molecule has 0 radical (unpaired) electrons. The van der Waals surface area contributed by atoms with Crippen molar-refractivity contribution in [3.63, 3.8) is 0 Å². The van der Waals surface area contributed by atoms with Gasteiger partial charge >= 0.3 is 0 Å². The molecular formula is C23H22N2O3. The van der Waals surface area contributed by atoms with Crippen molar-refractivity contribution < 1.29 is 14.3 Å². The highest BCUT2D eigenvalue weighted by molar-refractivity contribution is 6.06. The molecule has 0 aliphatic heterocycles. The standard InChI is InChI=1S/C23H22N2O3/c1-16(2)28-21-13-11-18(12-14-21)23(27)25-20-10-6-9-19(15-20)24-22(26)17-7-4-3-5-8-17/h3-16H,1-2H3,(H,24,26)(H,25,27). The van der Waals surface area contributed by atoms with Crippen LogP contribution in [0.3, 0.4) is 0 Å². The van der Waals surface area contributed by atoms with E-state index in [9.17, 15) is 9.59 Å². The van der Waals surface area contributed by atoms with Gasteiger partial charge in [-0.1, -0.05) is 24.3 Å². The lowest BCUT2D eigenvalue weighted by Crippen LogP contribution is -2.14. The van der Waals surface area contributed by atoms with Crippen molar-refractivity contribution in [2.75, 3.05) is 10.6 Å². The van der Waals surface area contributed by atoms with Gasteiger partial charge in [0, 0.05) is 22.5 Å². The van der Waals surface area contributed by atoms with E-state index >= 15 is 0 Å². The van der Waals surface area contributed by atoms with Crippen LogP contribution in [0.5, 0.6) is 5.75 Å². The average molecular weight is 374 g/mol. The van der Waals surface area contributed by atoms with Crippen LogP contribution in [0.4, 0.5) is 11.4 Å². The number of anilines is 2. The van der Waals surface area contributed by atoms with E-state index in [1.54, 1.807) is 60.7 Å². The van der Waals surface area contributed by atoms with Gasteiger partial charge in [-0.2, -0.15) is 0 Å². The van der Waals surface area contributed by atoms with Gasteiger partial charge in [-0.15, -0.1) is 0 Å². The summed E-state index contributed by atoms with van der Waals surface area (Å²) in [6.45, 7) is 3.90. The summed E-state index contributed by atoms with van der Waals surface area (Å²) in [6, 6.07) is 23.0. The highest BCUT2D eigenvalue weighted by atomic mass is 16.5. The predicted molar refractivity (Wildman–Crippen MR) is 111 cm³/mol. The van der Waals surface area contributed by atoms with Crippen LogP contribution in [-0.2, 0) is 0 Å². The number of carbonyl (C=O) groups is 2. The third-order valence-corrected chi connectivity index (χ3v) is 3.90. The number of benzene rings is 3. The monoisotopic (exact) mass is 374 g/mol. The first kappa shape index (κ1) is 19.2. The number of hydrogen-bond donors (Lipinski definition) is 2. The fraction of sp³-hybridized carbons (Fsp3) is 0.130. The first-order chi connectivity index (χ1) is 13.5. The summed E-state index contributed by atoms with van der Waals surface area (Å²) in [5.41, 5.74) is 2.29. The normalized spacial score (nSPS) is 10.4. The Morgan fingerprint density at radius 3 is 1.79 bits per heavy atom. The van der Waals surface area contributed by atoms with Gasteiger partial charge in [-0.3, -0.25) is 9.59 Å². The Labute approximate surface area is 164 Å². The Balaban J connectivity index is 1.65. The van der Waals surface area contributed by atoms with Gasteiger partial charge in [0.25, 0.3) is 11.8 Å². The van der Waals surface area contributed by atoms with Crippen LogP contribution in [-0.4, -0.2) is 17.9 Å². The van der Waals surface area contributed by atoms with Crippen molar-refractivity contribution in [2.45, 2.75) is 20.0 Å². The van der Waals surface area contributed by atoms with E-state index in [1.807, 2.05) is 32.0 Å². The Bertz CT molecular complexity index is 951. The molecule has 0 saturated carbocycles. The Morgan fingerprint density at radius 1 is 0.714 bits per heavy atom. The molecule has 0 atom stereocenters. The van der Waals surface area contributed by atoms with Crippen molar-refractivity contribution in [3.05, 3.63) is 90.0 Å². The van der Waals surface area contributed by atoms with Crippen LogP contribution in [0, 0.1) is 0 Å². The number of nitrogens with one attached hydrogen (secondary N) is 2. The van der Waals surface area contributed by atoms with Crippen LogP contribution in [0.25, 0.3) is 0 Å². The zero-order valence-electron chi connectivity index (χ0n) is 15.8. The summed E-state index contributed by atoms with van der Waals surface area (Å²) in [6.07, 6.45) is 0.0773. The highest BCUT2D eigenvalue weighted by Crippen LogP contribution is 2.18. The molecule has 0 aliphatic carbocycles. The minimum absolute atomic E-state index is 0.0773. The lowest BCUT2D eigenvalue weighted by atomic mass is 10.2. The minimum Gasteiger partial charge on any atom is -0.491 e. The molecule has 3 aromatic carbocycles.